The molecule has 1 saturated heterocycles. The minimum Gasteiger partial charge on any atom is -0.316 e. The van der Waals surface area contributed by atoms with Crippen molar-refractivity contribution in [1.29, 1.82) is 0 Å². The Balaban J connectivity index is 1.74. The molecule has 4 heteroatoms. The summed E-state index contributed by atoms with van der Waals surface area (Å²) in [5, 5.41) is 5.41. The summed E-state index contributed by atoms with van der Waals surface area (Å²) >= 11 is 3.63. The molecular weight excluding hydrogens is 188 g/mol. The zero-order valence-electron chi connectivity index (χ0n) is 6.82. The molecule has 0 unspecified atom stereocenters. The molecule has 1 N–H and O–H groups in total. The van der Waals surface area contributed by atoms with Crippen LogP contribution in [-0.4, -0.2) is 23.8 Å². The van der Waals surface area contributed by atoms with Crippen LogP contribution in [0.3, 0.4) is 0 Å². The fraction of sp³-hybridized carbons (Fsp3) is 0.625. The van der Waals surface area contributed by atoms with Crippen molar-refractivity contribution in [2.24, 2.45) is 5.92 Å². The fourth-order valence-electron chi connectivity index (χ4n) is 1.33. The molecule has 2 nitrogen and oxygen atoms in total. The summed E-state index contributed by atoms with van der Waals surface area (Å²) < 4.78 is 1.21. The summed E-state index contributed by atoms with van der Waals surface area (Å²) in [7, 11) is 0. The molecule has 1 aromatic rings. The number of nitrogens with zero attached hydrogens (tertiary/aromatic N) is 1. The van der Waals surface area contributed by atoms with Gasteiger partial charge in [0.05, 0.1) is 0 Å². The third-order valence-electron chi connectivity index (χ3n) is 2.01. The van der Waals surface area contributed by atoms with Crippen LogP contribution in [0.25, 0.3) is 0 Å². The predicted molar refractivity (Wildman–Crippen MR) is 53.8 cm³/mol. The van der Waals surface area contributed by atoms with Crippen LogP contribution in [0.4, 0.5) is 0 Å². The van der Waals surface area contributed by atoms with Crippen LogP contribution in [0.2, 0.25) is 0 Å². The van der Waals surface area contributed by atoms with Crippen molar-refractivity contribution < 1.29 is 0 Å². The normalized spacial score (nSPS) is 23.2. The maximum absolute atomic E-state index is 4.24. The molecule has 0 aromatic carbocycles. The average molecular weight is 200 g/mol. The predicted octanol–water partition coefficient (Wildman–Crippen LogP) is 1.84. The van der Waals surface area contributed by atoms with Gasteiger partial charge in [0.2, 0.25) is 0 Å². The molecule has 0 amide bonds. The van der Waals surface area contributed by atoms with E-state index < -0.39 is 0 Å². The summed E-state index contributed by atoms with van der Waals surface area (Å²) in [6.45, 7) is 2.39. The summed E-state index contributed by atoms with van der Waals surface area (Å²) in [5.74, 6) is 2.08. The molecule has 1 fully saturated rings. The van der Waals surface area contributed by atoms with Crippen LogP contribution >= 0.6 is 23.1 Å². The largest absolute Gasteiger partial charge is 0.316 e. The highest BCUT2D eigenvalue weighted by molar-refractivity contribution is 8.01. The molecule has 2 heterocycles. The second kappa shape index (κ2) is 4.25. The van der Waals surface area contributed by atoms with Gasteiger partial charge >= 0.3 is 0 Å². The number of nitrogens with one attached hydrogen (secondary N) is 1. The smallest absolute Gasteiger partial charge is 0.149 e. The summed E-state index contributed by atoms with van der Waals surface area (Å²) in [6.07, 6.45) is 3.21. The monoisotopic (exact) mass is 200 g/mol. The van der Waals surface area contributed by atoms with Crippen LogP contribution in [0.5, 0.6) is 0 Å². The number of aromatic nitrogens is 1. The Morgan fingerprint density at radius 1 is 1.75 bits per heavy atom. The average Bonchev–Trinajstić information content (AvgIpc) is 2.74. The number of hydrogen-bond acceptors (Lipinski definition) is 4. The van der Waals surface area contributed by atoms with E-state index in [0.717, 1.165) is 5.92 Å². The molecule has 0 saturated carbocycles. The van der Waals surface area contributed by atoms with Gasteiger partial charge in [-0.05, 0) is 25.4 Å². The lowest BCUT2D eigenvalue weighted by Crippen LogP contribution is -2.10. The van der Waals surface area contributed by atoms with Gasteiger partial charge < -0.3 is 5.32 Å². The minimum atomic E-state index is 0.860. The third-order valence-corrected chi connectivity index (χ3v) is 4.21. The van der Waals surface area contributed by atoms with Gasteiger partial charge in [-0.1, -0.05) is 11.8 Å². The second-order valence-corrected chi connectivity index (χ2v) is 5.13. The van der Waals surface area contributed by atoms with Gasteiger partial charge in [-0.2, -0.15) is 0 Å². The Morgan fingerprint density at radius 3 is 3.42 bits per heavy atom. The molecule has 0 bridgehead atoms. The first-order chi connectivity index (χ1) is 5.95. The zero-order valence-corrected chi connectivity index (χ0v) is 8.46. The highest BCUT2D eigenvalue weighted by atomic mass is 32.2. The molecule has 12 heavy (non-hydrogen) atoms. The molecule has 1 aliphatic heterocycles. The van der Waals surface area contributed by atoms with Crippen LogP contribution in [0, 0.1) is 5.92 Å². The van der Waals surface area contributed by atoms with E-state index in [2.05, 4.69) is 10.3 Å². The zero-order chi connectivity index (χ0) is 8.23. The topological polar surface area (TPSA) is 24.9 Å². The standard InChI is InChI=1S/C8H12N2S2/c1-2-9-5-7(1)6-12-8-10-3-4-11-8/h3-4,7,9H,1-2,5-6H2/t7-/m1/s1. The fourth-order valence-corrected chi connectivity index (χ4v) is 3.13. The SMILES string of the molecule is c1csc(SC[C@@H]2CCNC2)n1. The van der Waals surface area contributed by atoms with Gasteiger partial charge in [0.25, 0.3) is 0 Å². The molecule has 66 valence electrons. The quantitative estimate of drug-likeness (QED) is 0.754. The second-order valence-electron chi connectivity index (χ2n) is 2.97. The van der Waals surface area contributed by atoms with Gasteiger partial charge in [0.1, 0.15) is 4.34 Å². The number of hydrogen-bond donors (Lipinski definition) is 1. The molecule has 2 rings (SSSR count). The van der Waals surface area contributed by atoms with E-state index in [4.69, 9.17) is 0 Å². The van der Waals surface area contributed by atoms with Crippen LogP contribution in [0.1, 0.15) is 6.42 Å². The van der Waals surface area contributed by atoms with Gasteiger partial charge in [-0.15, -0.1) is 11.3 Å². The van der Waals surface area contributed by atoms with Crippen molar-refractivity contribution in [3.8, 4) is 0 Å². The number of rotatable bonds is 3. The Kier molecular flexibility index (Phi) is 3.03. The van der Waals surface area contributed by atoms with Crippen molar-refractivity contribution in [2.75, 3.05) is 18.8 Å². The Hall–Kier alpha value is -0.0600. The van der Waals surface area contributed by atoms with Crippen molar-refractivity contribution in [1.82, 2.24) is 10.3 Å². The number of thioether (sulfide) groups is 1. The Bertz CT molecular complexity index is 217. The third kappa shape index (κ3) is 2.21. The molecule has 1 atom stereocenters. The molecule has 0 spiro atoms. The van der Waals surface area contributed by atoms with Gasteiger partial charge in [0, 0.05) is 17.3 Å². The van der Waals surface area contributed by atoms with Crippen molar-refractivity contribution >= 4 is 23.1 Å². The molecule has 0 radical (unpaired) electrons. The van der Waals surface area contributed by atoms with Crippen LogP contribution in [0.15, 0.2) is 15.9 Å². The lowest BCUT2D eigenvalue weighted by molar-refractivity contribution is 0.662. The molecule has 0 aliphatic carbocycles. The van der Waals surface area contributed by atoms with Gasteiger partial charge in [-0.3, -0.25) is 0 Å². The van der Waals surface area contributed by atoms with E-state index in [1.54, 1.807) is 11.3 Å². The lowest BCUT2D eigenvalue weighted by Gasteiger charge is -2.04. The molecule has 1 aliphatic rings. The minimum absolute atomic E-state index is 0.860. The lowest BCUT2D eigenvalue weighted by atomic mass is 10.2. The van der Waals surface area contributed by atoms with E-state index in [-0.39, 0.29) is 0 Å². The first-order valence-electron chi connectivity index (χ1n) is 4.18. The van der Waals surface area contributed by atoms with Gasteiger partial charge in [0.15, 0.2) is 0 Å². The summed E-state index contributed by atoms with van der Waals surface area (Å²) in [4.78, 5) is 4.24. The summed E-state index contributed by atoms with van der Waals surface area (Å²) in [6, 6.07) is 0. The highest BCUT2D eigenvalue weighted by Gasteiger charge is 2.14. The van der Waals surface area contributed by atoms with Crippen molar-refractivity contribution in [3.63, 3.8) is 0 Å². The van der Waals surface area contributed by atoms with Crippen LogP contribution < -0.4 is 5.32 Å². The van der Waals surface area contributed by atoms with E-state index in [9.17, 15) is 0 Å². The highest BCUT2D eigenvalue weighted by Crippen LogP contribution is 2.24. The number of thiazole rings is 1. The van der Waals surface area contributed by atoms with E-state index in [0.29, 0.717) is 0 Å². The molecular formula is C8H12N2S2. The van der Waals surface area contributed by atoms with E-state index >= 15 is 0 Å². The maximum Gasteiger partial charge on any atom is 0.149 e. The van der Waals surface area contributed by atoms with Crippen molar-refractivity contribution in [3.05, 3.63) is 11.6 Å². The first kappa shape index (κ1) is 8.53. The first-order valence-corrected chi connectivity index (χ1v) is 6.04. The maximum atomic E-state index is 4.24. The molecule has 1 aromatic heterocycles. The van der Waals surface area contributed by atoms with Crippen molar-refractivity contribution in [2.45, 2.75) is 10.8 Å². The van der Waals surface area contributed by atoms with Crippen LogP contribution in [-0.2, 0) is 0 Å². The Labute approximate surface area is 80.8 Å². The Morgan fingerprint density at radius 2 is 2.75 bits per heavy atom. The summed E-state index contributed by atoms with van der Waals surface area (Å²) in [5.41, 5.74) is 0. The van der Waals surface area contributed by atoms with Gasteiger partial charge in [-0.25, -0.2) is 4.98 Å². The van der Waals surface area contributed by atoms with E-state index in [1.807, 2.05) is 23.3 Å². The van der Waals surface area contributed by atoms with E-state index in [1.165, 1.54) is 29.6 Å².